The van der Waals surface area contributed by atoms with Crippen LogP contribution in [0.3, 0.4) is 0 Å². The van der Waals surface area contributed by atoms with E-state index in [2.05, 4.69) is 0 Å². The second-order valence-corrected chi connectivity index (χ2v) is 8.95. The van der Waals surface area contributed by atoms with Crippen LogP contribution in [0.1, 0.15) is 49.7 Å². The lowest BCUT2D eigenvalue weighted by Crippen LogP contribution is -2.38. The summed E-state index contributed by atoms with van der Waals surface area (Å²) in [6.07, 6.45) is 0.922. The molecule has 6 nitrogen and oxygen atoms in total. The van der Waals surface area contributed by atoms with E-state index in [1.807, 2.05) is 37.3 Å². The molecular weight excluding hydrogens is 454 g/mol. The minimum Gasteiger partial charge on any atom is -0.497 e. The quantitative estimate of drug-likeness (QED) is 0.509. The van der Waals surface area contributed by atoms with Crippen molar-refractivity contribution >= 4 is 29.1 Å². The van der Waals surface area contributed by atoms with Gasteiger partial charge in [0.05, 0.1) is 20.8 Å². The predicted molar refractivity (Wildman–Crippen MR) is 131 cm³/mol. The van der Waals surface area contributed by atoms with Crippen LogP contribution in [0, 0.1) is 5.92 Å². The van der Waals surface area contributed by atoms with Gasteiger partial charge in [-0.1, -0.05) is 23.7 Å². The third-order valence-corrected chi connectivity index (χ3v) is 6.79. The number of benzene rings is 2. The number of ketones is 1. The van der Waals surface area contributed by atoms with Crippen LogP contribution >= 0.6 is 11.6 Å². The molecule has 1 heterocycles. The first kappa shape index (κ1) is 24.0. The number of halogens is 1. The number of Topliss-reactive ketones (excluding diaryl/α,β-unsaturated/α-hetero) is 1. The average Bonchev–Trinajstić information content (AvgIpc) is 2.83. The third kappa shape index (κ3) is 4.47. The van der Waals surface area contributed by atoms with Crippen LogP contribution in [-0.4, -0.2) is 38.3 Å². The largest absolute Gasteiger partial charge is 0.497 e. The number of esters is 1. The molecule has 34 heavy (non-hydrogen) atoms. The average molecular weight is 482 g/mol. The highest BCUT2D eigenvalue weighted by Crippen LogP contribution is 2.49. The summed E-state index contributed by atoms with van der Waals surface area (Å²) in [5.41, 5.74) is 3.64. The van der Waals surface area contributed by atoms with Crippen molar-refractivity contribution in [1.29, 1.82) is 0 Å². The maximum atomic E-state index is 13.7. The fourth-order valence-electron chi connectivity index (χ4n) is 4.99. The maximum Gasteiger partial charge on any atom is 0.315 e. The summed E-state index contributed by atoms with van der Waals surface area (Å²) in [6.45, 7) is 3.83. The summed E-state index contributed by atoms with van der Waals surface area (Å²) in [6, 6.07) is 13.0. The lowest BCUT2D eigenvalue weighted by Gasteiger charge is -2.37. The Bertz CT molecular complexity index is 1170. The first-order chi connectivity index (χ1) is 16.4. The first-order valence-electron chi connectivity index (χ1n) is 11.3. The first-order valence-corrected chi connectivity index (χ1v) is 11.7. The van der Waals surface area contributed by atoms with Crippen LogP contribution in [0.5, 0.6) is 11.5 Å². The Labute approximate surface area is 204 Å². The Morgan fingerprint density at radius 1 is 1.09 bits per heavy atom. The number of rotatable bonds is 6. The van der Waals surface area contributed by atoms with Crippen molar-refractivity contribution in [3.63, 3.8) is 0 Å². The van der Waals surface area contributed by atoms with Gasteiger partial charge in [-0.3, -0.25) is 14.6 Å². The molecule has 0 N–H and O–H groups in total. The van der Waals surface area contributed by atoms with Crippen LogP contribution in [0.2, 0.25) is 5.02 Å². The van der Waals surface area contributed by atoms with Gasteiger partial charge < -0.3 is 14.2 Å². The van der Waals surface area contributed by atoms with Gasteiger partial charge in [-0.05, 0) is 62.1 Å². The van der Waals surface area contributed by atoms with E-state index >= 15 is 0 Å². The third-order valence-electron chi connectivity index (χ3n) is 6.54. The van der Waals surface area contributed by atoms with E-state index in [1.165, 1.54) is 0 Å². The van der Waals surface area contributed by atoms with Crippen LogP contribution in [-0.2, 0) is 14.3 Å². The van der Waals surface area contributed by atoms with Gasteiger partial charge in [-0.25, -0.2) is 0 Å². The standard InChI is InChI=1S/C27H28ClNO5/c1-5-34-27(31)24-15(2)29-21-12-17(16-6-8-18(28)9-7-16)13-22(30)26(21)25(24)20-14-19(32-3)10-11-23(20)33-4/h6-11,14,17,24-25H,5,12-13H2,1-4H3/t17-,24?,25-/m1/s1. The summed E-state index contributed by atoms with van der Waals surface area (Å²) in [5.74, 6) is -0.546. The zero-order valence-electron chi connectivity index (χ0n) is 19.8. The molecule has 1 aliphatic carbocycles. The number of carbonyl (C=O) groups is 2. The van der Waals surface area contributed by atoms with Gasteiger partial charge in [0.25, 0.3) is 0 Å². The van der Waals surface area contributed by atoms with Gasteiger partial charge in [-0.2, -0.15) is 0 Å². The number of carbonyl (C=O) groups excluding carboxylic acids is 2. The van der Waals surface area contributed by atoms with Crippen molar-refractivity contribution in [3.05, 3.63) is 69.9 Å². The molecule has 0 spiro atoms. The molecule has 4 rings (SSSR count). The Morgan fingerprint density at radius 3 is 2.47 bits per heavy atom. The van der Waals surface area contributed by atoms with Gasteiger partial charge >= 0.3 is 5.97 Å². The van der Waals surface area contributed by atoms with Gasteiger partial charge in [-0.15, -0.1) is 0 Å². The minimum absolute atomic E-state index is 0.00735. The predicted octanol–water partition coefficient (Wildman–Crippen LogP) is 5.50. The number of ether oxygens (including phenoxy) is 3. The molecule has 2 aromatic carbocycles. The second-order valence-electron chi connectivity index (χ2n) is 8.51. The monoisotopic (exact) mass is 481 g/mol. The molecule has 0 saturated carbocycles. The smallest absolute Gasteiger partial charge is 0.315 e. The van der Waals surface area contributed by atoms with E-state index in [1.54, 1.807) is 33.3 Å². The van der Waals surface area contributed by atoms with Crippen LogP contribution in [0.4, 0.5) is 0 Å². The van der Waals surface area contributed by atoms with E-state index in [-0.39, 0.29) is 18.3 Å². The van der Waals surface area contributed by atoms with Crippen LogP contribution in [0.15, 0.2) is 58.7 Å². The van der Waals surface area contributed by atoms with Crippen LogP contribution < -0.4 is 9.47 Å². The van der Waals surface area contributed by atoms with Gasteiger partial charge in [0.1, 0.15) is 17.4 Å². The Kier molecular flexibility index (Phi) is 7.08. The molecule has 7 heteroatoms. The molecule has 0 radical (unpaired) electrons. The molecule has 2 aliphatic rings. The van der Waals surface area contributed by atoms with Crippen LogP contribution in [0.25, 0.3) is 0 Å². The molecule has 0 saturated heterocycles. The number of allylic oxidation sites excluding steroid dienone is 2. The summed E-state index contributed by atoms with van der Waals surface area (Å²) >= 11 is 6.06. The number of aliphatic imine (C=N–C) groups is 1. The second kappa shape index (κ2) is 10.0. The molecule has 1 unspecified atom stereocenters. The minimum atomic E-state index is -0.726. The van der Waals surface area contributed by atoms with Gasteiger partial charge in [0.2, 0.25) is 0 Å². The van der Waals surface area contributed by atoms with Crippen molar-refractivity contribution in [2.75, 3.05) is 20.8 Å². The Balaban J connectivity index is 1.86. The van der Waals surface area contributed by atoms with Crippen molar-refractivity contribution in [3.8, 4) is 11.5 Å². The number of nitrogens with zero attached hydrogens (tertiary/aromatic N) is 1. The SMILES string of the molecule is CCOC(=O)C1C(C)=NC2=C(C(=O)C[C@H](c3ccc(Cl)cc3)C2)[C@@H]1c1cc(OC)ccc1OC. The highest BCUT2D eigenvalue weighted by Gasteiger charge is 2.45. The molecule has 0 bridgehead atoms. The van der Waals surface area contributed by atoms with E-state index in [4.69, 9.17) is 30.8 Å². The summed E-state index contributed by atoms with van der Waals surface area (Å²) in [5, 5.41) is 0.653. The number of hydrogen-bond donors (Lipinski definition) is 0. The molecule has 0 aromatic heterocycles. The normalized spacial score (nSPS) is 22.1. The van der Waals surface area contributed by atoms with E-state index < -0.39 is 17.8 Å². The molecule has 0 fully saturated rings. The van der Waals surface area contributed by atoms with Crippen molar-refractivity contribution in [2.24, 2.45) is 10.9 Å². The highest BCUT2D eigenvalue weighted by molar-refractivity contribution is 6.30. The molecular formula is C27H28ClNO5. The molecule has 3 atom stereocenters. The molecule has 1 aliphatic heterocycles. The summed E-state index contributed by atoms with van der Waals surface area (Å²) < 4.78 is 16.5. The highest BCUT2D eigenvalue weighted by atomic mass is 35.5. The van der Waals surface area contributed by atoms with E-state index in [0.717, 1.165) is 5.56 Å². The molecule has 0 amide bonds. The summed E-state index contributed by atoms with van der Waals surface area (Å²) in [7, 11) is 3.15. The Hall–Kier alpha value is -3.12. The van der Waals surface area contributed by atoms with Crippen molar-refractivity contribution < 1.29 is 23.8 Å². The number of methoxy groups -OCH3 is 2. The topological polar surface area (TPSA) is 74.2 Å². The lowest BCUT2D eigenvalue weighted by atomic mass is 9.69. The number of hydrogen-bond acceptors (Lipinski definition) is 6. The Morgan fingerprint density at radius 2 is 1.82 bits per heavy atom. The fraction of sp³-hybridized carbons (Fsp3) is 0.370. The lowest BCUT2D eigenvalue weighted by molar-refractivity contribution is -0.146. The van der Waals surface area contributed by atoms with Gasteiger partial charge in [0.15, 0.2) is 5.78 Å². The van der Waals surface area contributed by atoms with Crippen molar-refractivity contribution in [1.82, 2.24) is 0 Å². The zero-order valence-corrected chi connectivity index (χ0v) is 20.5. The van der Waals surface area contributed by atoms with E-state index in [9.17, 15) is 9.59 Å². The molecule has 178 valence electrons. The maximum absolute atomic E-state index is 13.7. The fourth-order valence-corrected chi connectivity index (χ4v) is 5.11. The summed E-state index contributed by atoms with van der Waals surface area (Å²) in [4.78, 5) is 31.6. The van der Waals surface area contributed by atoms with Gasteiger partial charge in [0, 0.05) is 39.9 Å². The zero-order chi connectivity index (χ0) is 24.4. The van der Waals surface area contributed by atoms with Crippen molar-refractivity contribution in [2.45, 2.75) is 38.5 Å². The van der Waals surface area contributed by atoms with E-state index in [0.29, 0.717) is 51.9 Å². The molecule has 2 aromatic rings.